The third-order valence-electron chi connectivity index (χ3n) is 6.92. The molecule has 0 radical (unpaired) electrons. The van der Waals surface area contributed by atoms with Crippen molar-refractivity contribution in [1.82, 2.24) is 15.0 Å². The normalized spacial score (nSPS) is 12.6. The van der Waals surface area contributed by atoms with Crippen LogP contribution >= 0.6 is 0 Å². The maximum atomic E-state index is 13.6. The number of hydrogen-bond acceptors (Lipinski definition) is 14. The molecule has 0 spiro atoms. The molecule has 0 saturated carbocycles. The van der Waals surface area contributed by atoms with Crippen molar-refractivity contribution in [2.24, 2.45) is 0 Å². The van der Waals surface area contributed by atoms with Crippen LogP contribution in [0.4, 0.5) is 40.3 Å². The second-order valence-corrected chi connectivity index (χ2v) is 12.8. The van der Waals surface area contributed by atoms with Gasteiger partial charge in [0.15, 0.2) is 11.6 Å². The molecule has 0 unspecified atom stereocenters. The monoisotopic (exact) mass is 675 g/mol. The molecule has 0 atom stereocenters. The molecule has 18 heteroatoms. The number of ketones is 2. The minimum Gasteiger partial charge on any atom is -0.479 e. The van der Waals surface area contributed by atoms with Gasteiger partial charge >= 0.3 is 6.01 Å². The highest BCUT2D eigenvalue weighted by molar-refractivity contribution is 7.86. The summed E-state index contributed by atoms with van der Waals surface area (Å²) >= 11 is 0. The summed E-state index contributed by atoms with van der Waals surface area (Å²) in [5, 5.41) is 18.2. The van der Waals surface area contributed by atoms with E-state index in [1.165, 1.54) is 36.4 Å². The number of nitrogen functional groups attached to an aromatic ring is 1. The first-order chi connectivity index (χ1) is 22.2. The summed E-state index contributed by atoms with van der Waals surface area (Å²) in [5.74, 6) is -1.88. The number of benzene rings is 4. The van der Waals surface area contributed by atoms with E-state index in [9.17, 15) is 40.6 Å². The molecule has 0 amide bonds. The lowest BCUT2D eigenvalue weighted by molar-refractivity contribution is 0.0980. The number of nitrogens with one attached hydrogen (secondary N) is 3. The van der Waals surface area contributed by atoms with Gasteiger partial charge in [-0.1, -0.05) is 42.5 Å². The van der Waals surface area contributed by atoms with E-state index in [1.807, 2.05) is 0 Å². The molecule has 0 saturated heterocycles. The van der Waals surface area contributed by atoms with Crippen LogP contribution in [-0.2, 0) is 20.2 Å². The average molecular weight is 676 g/mol. The zero-order chi connectivity index (χ0) is 33.7. The van der Waals surface area contributed by atoms with E-state index in [4.69, 9.17) is 5.73 Å². The van der Waals surface area contributed by atoms with Crippen LogP contribution in [0, 0.1) is 0 Å². The maximum Gasteiger partial charge on any atom is 0.320 e. The second-order valence-electron chi connectivity index (χ2n) is 9.97. The molecule has 5 aromatic rings. The Morgan fingerprint density at radius 2 is 1.17 bits per heavy atom. The molecule has 1 aliphatic rings. The third kappa shape index (κ3) is 6.03. The van der Waals surface area contributed by atoms with Crippen molar-refractivity contribution in [2.75, 3.05) is 21.7 Å². The highest BCUT2D eigenvalue weighted by Crippen LogP contribution is 2.40. The minimum atomic E-state index is -5.02. The summed E-state index contributed by atoms with van der Waals surface area (Å²) in [5.41, 5.74) is 4.41. The van der Waals surface area contributed by atoms with Gasteiger partial charge in [0, 0.05) is 22.5 Å². The number of aromatic hydroxyl groups is 1. The lowest BCUT2D eigenvalue weighted by Crippen LogP contribution is -2.25. The number of nitrogens with zero attached hydrogens (tertiary/aromatic N) is 3. The number of fused-ring (bicyclic) bond motifs is 2. The van der Waals surface area contributed by atoms with Gasteiger partial charge < -0.3 is 26.8 Å². The van der Waals surface area contributed by atoms with Crippen molar-refractivity contribution >= 4 is 72.1 Å². The molecular formula is C29H21N7O9S2. The number of nitrogens with two attached hydrogens (primary N) is 1. The Labute approximate surface area is 265 Å². The minimum absolute atomic E-state index is 0.00644. The first-order valence-electron chi connectivity index (χ1n) is 13.3. The van der Waals surface area contributed by atoms with Gasteiger partial charge in [-0.3, -0.25) is 18.7 Å². The summed E-state index contributed by atoms with van der Waals surface area (Å²) < 4.78 is 69.3. The van der Waals surface area contributed by atoms with Crippen molar-refractivity contribution in [1.29, 1.82) is 0 Å². The van der Waals surface area contributed by atoms with Gasteiger partial charge in [0.1, 0.15) is 9.79 Å². The Bertz CT molecular complexity index is 2350. The fraction of sp³-hybridized carbons (Fsp3) is 0. The van der Waals surface area contributed by atoms with Gasteiger partial charge in [-0.2, -0.15) is 31.8 Å². The third-order valence-corrected chi connectivity index (χ3v) is 8.70. The quantitative estimate of drug-likeness (QED) is 0.0896. The summed E-state index contributed by atoms with van der Waals surface area (Å²) in [6.45, 7) is 0. The molecule has 0 fully saturated rings. The topological polar surface area (TPSA) is 264 Å². The van der Waals surface area contributed by atoms with E-state index in [2.05, 4.69) is 30.9 Å². The Kier molecular flexibility index (Phi) is 7.56. The van der Waals surface area contributed by atoms with Crippen LogP contribution in [0.3, 0.4) is 0 Å². The molecule has 47 heavy (non-hydrogen) atoms. The van der Waals surface area contributed by atoms with Crippen LogP contribution in [-0.4, -0.2) is 57.6 Å². The number of aromatic nitrogens is 3. The Balaban J connectivity index is 1.42. The summed E-state index contributed by atoms with van der Waals surface area (Å²) in [7, 11) is -10.00. The van der Waals surface area contributed by atoms with Crippen molar-refractivity contribution in [3.8, 4) is 6.01 Å². The van der Waals surface area contributed by atoms with Crippen molar-refractivity contribution in [3.63, 3.8) is 0 Å². The van der Waals surface area contributed by atoms with E-state index >= 15 is 0 Å². The molecular weight excluding hydrogens is 654 g/mol. The molecule has 16 nitrogen and oxygen atoms in total. The van der Waals surface area contributed by atoms with Crippen molar-refractivity contribution in [3.05, 3.63) is 101 Å². The molecule has 1 aliphatic carbocycles. The van der Waals surface area contributed by atoms with Crippen LogP contribution in [0.2, 0.25) is 0 Å². The van der Waals surface area contributed by atoms with E-state index < -0.39 is 58.9 Å². The molecule has 8 N–H and O–H groups in total. The van der Waals surface area contributed by atoms with Crippen LogP contribution < -0.4 is 21.7 Å². The second kappa shape index (κ2) is 11.4. The fourth-order valence-corrected chi connectivity index (χ4v) is 6.25. The highest BCUT2D eigenvalue weighted by atomic mass is 32.2. The number of rotatable bonds is 8. The molecule has 1 aromatic heterocycles. The molecule has 1 heterocycles. The predicted molar refractivity (Wildman–Crippen MR) is 168 cm³/mol. The lowest BCUT2D eigenvalue weighted by atomic mass is 9.82. The zero-order valence-electron chi connectivity index (χ0n) is 23.5. The number of carbonyl (C=O) groups is 2. The van der Waals surface area contributed by atoms with Gasteiger partial charge in [-0.25, -0.2) is 0 Å². The molecule has 6 rings (SSSR count). The van der Waals surface area contributed by atoms with Crippen LogP contribution in [0.1, 0.15) is 31.8 Å². The molecule has 238 valence electrons. The largest absolute Gasteiger partial charge is 0.479 e. The van der Waals surface area contributed by atoms with Gasteiger partial charge in [0.05, 0.1) is 28.2 Å². The number of carbonyl (C=O) groups excluding carboxylic acids is 2. The van der Waals surface area contributed by atoms with Crippen LogP contribution in [0.15, 0.2) is 88.7 Å². The lowest BCUT2D eigenvalue weighted by Gasteiger charge is -2.24. The summed E-state index contributed by atoms with van der Waals surface area (Å²) in [6.07, 6.45) is 0. The summed E-state index contributed by atoms with van der Waals surface area (Å²) in [4.78, 5) is 37.0. The first-order valence-corrected chi connectivity index (χ1v) is 16.1. The Morgan fingerprint density at radius 1 is 0.596 bits per heavy atom. The summed E-state index contributed by atoms with van der Waals surface area (Å²) in [6, 6.07) is 18.0. The predicted octanol–water partition coefficient (Wildman–Crippen LogP) is 3.66. The van der Waals surface area contributed by atoms with Crippen molar-refractivity contribution in [2.45, 2.75) is 9.79 Å². The smallest absolute Gasteiger partial charge is 0.320 e. The first kappa shape index (κ1) is 31.0. The average Bonchev–Trinajstić information content (AvgIpc) is 3.00. The van der Waals surface area contributed by atoms with Crippen molar-refractivity contribution < 1.29 is 40.6 Å². The Morgan fingerprint density at radius 3 is 1.79 bits per heavy atom. The van der Waals surface area contributed by atoms with E-state index in [1.54, 1.807) is 30.3 Å². The van der Waals surface area contributed by atoms with Crippen LogP contribution in [0.25, 0.3) is 0 Å². The maximum absolute atomic E-state index is 13.6. The molecule has 0 aliphatic heterocycles. The SMILES string of the molecule is Nc1c(S(=O)(=O)O)cc(Nc2ccc(Nc3nc(O)nc(Nc4ccccc4)n3)c(S(=O)(=O)O)c2)c2c1C(=O)c1ccccc1C2=O. The molecule has 0 bridgehead atoms. The zero-order valence-corrected chi connectivity index (χ0v) is 25.2. The fourth-order valence-electron chi connectivity index (χ4n) is 4.93. The molecule has 4 aromatic carbocycles. The Hall–Kier alpha value is -5.95. The van der Waals surface area contributed by atoms with Gasteiger partial charge in [0.2, 0.25) is 11.9 Å². The number of para-hydroxylation sites is 1. The number of anilines is 7. The van der Waals surface area contributed by atoms with Gasteiger partial charge in [-0.15, -0.1) is 0 Å². The van der Waals surface area contributed by atoms with E-state index in [0.29, 0.717) is 5.69 Å². The van der Waals surface area contributed by atoms with E-state index in [-0.39, 0.29) is 45.6 Å². The van der Waals surface area contributed by atoms with Gasteiger partial charge in [0.25, 0.3) is 20.2 Å². The number of hydrogen-bond donors (Lipinski definition) is 7. The highest BCUT2D eigenvalue weighted by Gasteiger charge is 2.36. The van der Waals surface area contributed by atoms with Gasteiger partial charge in [-0.05, 0) is 36.4 Å². The van der Waals surface area contributed by atoms with Crippen LogP contribution in [0.5, 0.6) is 6.01 Å². The standard InChI is InChI=1S/C29H21N7O9S2/c30-24-21(47(43,44)45)13-19(22-23(24)26(38)17-9-5-4-8-16(17)25(22)37)31-15-10-11-18(20(12-15)46(40,41)42)33-28-34-27(35-29(39)36-28)32-14-6-2-1-3-7-14/h1-13,31H,30H2,(H,40,41,42)(H,43,44,45)(H3,32,33,34,35,36,39). The van der Waals surface area contributed by atoms with E-state index in [0.717, 1.165) is 12.1 Å².